The van der Waals surface area contributed by atoms with Crippen LogP contribution in [0.1, 0.15) is 0 Å². The zero-order valence-electron chi connectivity index (χ0n) is 5.07. The Morgan fingerprint density at radius 1 is 1.40 bits per heavy atom. The first kappa shape index (κ1) is 10.8. The Morgan fingerprint density at radius 3 is 1.90 bits per heavy atom. The average Bonchev–Trinajstić information content (AvgIpc) is 1.60. The van der Waals surface area contributed by atoms with Gasteiger partial charge in [-0.3, -0.25) is 0 Å². The zero-order valence-corrected chi connectivity index (χ0v) is 8.15. The van der Waals surface area contributed by atoms with E-state index in [4.69, 9.17) is 34.8 Å². The van der Waals surface area contributed by atoms with E-state index in [0.29, 0.717) is 0 Å². The van der Waals surface area contributed by atoms with Gasteiger partial charge in [0.05, 0.1) is 0 Å². The summed E-state index contributed by atoms with van der Waals surface area (Å²) in [6.45, 7) is 0. The van der Waals surface area contributed by atoms with Gasteiger partial charge in [0.2, 0.25) is 13.8 Å². The lowest BCUT2D eigenvalue weighted by Gasteiger charge is -2.09. The van der Waals surface area contributed by atoms with Crippen molar-refractivity contribution in [3.63, 3.8) is 0 Å². The first-order valence-corrected chi connectivity index (χ1v) is 5.03. The van der Waals surface area contributed by atoms with Crippen LogP contribution in [0, 0.1) is 0 Å². The van der Waals surface area contributed by atoms with E-state index in [1.54, 1.807) is 0 Å². The van der Waals surface area contributed by atoms with E-state index in [-0.39, 0.29) is 0 Å². The molecule has 0 aromatic heterocycles. The molecule has 0 saturated carbocycles. The minimum absolute atomic E-state index is 0.527. The number of sulfonamides is 1. The monoisotopic (exact) mass is 225 g/mol. The largest absolute Gasteiger partial charge is 0.218 e. The fourth-order valence-electron chi connectivity index (χ4n) is 0.288. The lowest BCUT2D eigenvalue weighted by Crippen LogP contribution is -2.29. The number of hydrogen-bond donors (Lipinski definition) is 1. The third-order valence-corrected chi connectivity index (χ3v) is 2.98. The van der Waals surface area contributed by atoms with Crippen LogP contribution in [0.5, 0.6) is 0 Å². The van der Waals surface area contributed by atoms with Gasteiger partial charge in [-0.15, -0.1) is 0 Å². The molecule has 0 heterocycles. The van der Waals surface area contributed by atoms with Crippen molar-refractivity contribution in [2.24, 2.45) is 0 Å². The van der Waals surface area contributed by atoms with Gasteiger partial charge in [0.25, 0.3) is 0 Å². The number of nitrogens with one attached hydrogen (secondary N) is 1. The van der Waals surface area contributed by atoms with E-state index in [9.17, 15) is 8.42 Å². The van der Waals surface area contributed by atoms with Gasteiger partial charge in [-0.25, -0.2) is 13.1 Å². The summed E-state index contributed by atoms with van der Waals surface area (Å²) in [5.74, 6) is -0.527. The lowest BCUT2D eigenvalue weighted by atomic mass is 10.9. The molecule has 0 aromatic carbocycles. The van der Waals surface area contributed by atoms with Crippen LogP contribution in [0.15, 0.2) is 0 Å². The van der Waals surface area contributed by atoms with Crippen molar-refractivity contribution in [2.75, 3.05) is 12.8 Å². The molecule has 0 rings (SSSR count). The van der Waals surface area contributed by atoms with Crippen molar-refractivity contribution in [2.45, 2.75) is 3.79 Å². The molecule has 3 nitrogen and oxygen atoms in total. The highest BCUT2D eigenvalue weighted by atomic mass is 35.6. The molecule has 0 aliphatic rings. The summed E-state index contributed by atoms with van der Waals surface area (Å²) in [5, 5.41) is 0. The Bertz CT molecular complexity index is 194. The van der Waals surface area contributed by atoms with Crippen molar-refractivity contribution in [3.8, 4) is 0 Å². The van der Waals surface area contributed by atoms with Crippen LogP contribution in [-0.4, -0.2) is 25.0 Å². The first-order chi connectivity index (χ1) is 4.27. The number of alkyl halides is 3. The molecule has 0 bridgehead atoms. The molecule has 0 saturated heterocycles. The molecule has 0 spiro atoms. The van der Waals surface area contributed by atoms with E-state index < -0.39 is 19.6 Å². The van der Waals surface area contributed by atoms with Gasteiger partial charge in [-0.1, -0.05) is 34.8 Å². The number of hydrogen-bond acceptors (Lipinski definition) is 2. The maximum Gasteiger partial charge on any atom is 0.215 e. The predicted molar refractivity (Wildman–Crippen MR) is 43.1 cm³/mol. The summed E-state index contributed by atoms with van der Waals surface area (Å²) in [5.41, 5.74) is 0. The fraction of sp³-hybridized carbons (Fsp3) is 1.00. The molecule has 10 heavy (non-hydrogen) atoms. The Kier molecular flexibility index (Phi) is 3.72. The third kappa shape index (κ3) is 5.56. The Labute approximate surface area is 74.7 Å². The molecular formula is C3H6Cl3NO2S. The molecule has 0 atom stereocenters. The van der Waals surface area contributed by atoms with Crippen molar-refractivity contribution >= 4 is 44.8 Å². The standard InChI is InChI=1S/C3H6Cl3NO2S/c1-7-10(8,9)2-3(4,5)6/h7H,2H2,1H3. The Morgan fingerprint density at radius 2 is 1.80 bits per heavy atom. The SMILES string of the molecule is CNS(=O)(=O)CC(Cl)(Cl)Cl. The highest BCUT2D eigenvalue weighted by Gasteiger charge is 2.27. The zero-order chi connectivity index (χ0) is 8.41. The fourth-order valence-corrected chi connectivity index (χ4v) is 2.16. The molecule has 0 fully saturated rings. The van der Waals surface area contributed by atoms with Crippen LogP contribution in [0.25, 0.3) is 0 Å². The van der Waals surface area contributed by atoms with Crippen LogP contribution < -0.4 is 4.72 Å². The van der Waals surface area contributed by atoms with Gasteiger partial charge in [0, 0.05) is 0 Å². The van der Waals surface area contributed by atoms with Gasteiger partial charge in [0.15, 0.2) is 0 Å². The molecule has 0 aromatic rings. The van der Waals surface area contributed by atoms with Crippen LogP contribution in [0.4, 0.5) is 0 Å². The maximum absolute atomic E-state index is 10.7. The molecule has 0 radical (unpaired) electrons. The minimum Gasteiger partial charge on any atom is -0.218 e. The Balaban J connectivity index is 4.18. The molecule has 7 heteroatoms. The second kappa shape index (κ2) is 3.45. The highest BCUT2D eigenvalue weighted by molar-refractivity contribution is 7.89. The van der Waals surface area contributed by atoms with Crippen molar-refractivity contribution in [1.29, 1.82) is 0 Å². The molecule has 62 valence electrons. The molecule has 0 aliphatic heterocycles. The quantitative estimate of drug-likeness (QED) is 0.712. The van der Waals surface area contributed by atoms with E-state index in [2.05, 4.69) is 0 Å². The van der Waals surface area contributed by atoms with E-state index in [1.807, 2.05) is 4.72 Å². The van der Waals surface area contributed by atoms with Crippen LogP contribution in [0.2, 0.25) is 0 Å². The summed E-state index contributed by atoms with van der Waals surface area (Å²) in [6.07, 6.45) is 0. The third-order valence-electron chi connectivity index (χ3n) is 0.665. The van der Waals surface area contributed by atoms with Crippen LogP contribution >= 0.6 is 34.8 Å². The summed E-state index contributed by atoms with van der Waals surface area (Å²) >= 11 is 15.6. The second-order valence-corrected chi connectivity index (χ2v) is 6.02. The van der Waals surface area contributed by atoms with Gasteiger partial charge >= 0.3 is 0 Å². The van der Waals surface area contributed by atoms with Crippen molar-refractivity contribution in [3.05, 3.63) is 0 Å². The molecule has 0 unspecified atom stereocenters. The van der Waals surface area contributed by atoms with E-state index >= 15 is 0 Å². The van der Waals surface area contributed by atoms with Gasteiger partial charge in [-0.2, -0.15) is 0 Å². The van der Waals surface area contributed by atoms with Crippen LogP contribution in [0.3, 0.4) is 0 Å². The molecule has 0 amide bonds. The van der Waals surface area contributed by atoms with Gasteiger partial charge in [-0.05, 0) is 7.05 Å². The summed E-state index contributed by atoms with van der Waals surface area (Å²) in [6, 6.07) is 0. The predicted octanol–water partition coefficient (Wildman–Crippen LogP) is 0.906. The first-order valence-electron chi connectivity index (χ1n) is 2.25. The van der Waals surface area contributed by atoms with Crippen LogP contribution in [-0.2, 0) is 10.0 Å². The number of rotatable bonds is 2. The van der Waals surface area contributed by atoms with Crippen molar-refractivity contribution in [1.82, 2.24) is 4.72 Å². The summed E-state index contributed by atoms with van der Waals surface area (Å²) in [7, 11) is -2.17. The smallest absolute Gasteiger partial charge is 0.215 e. The van der Waals surface area contributed by atoms with E-state index in [1.165, 1.54) is 7.05 Å². The maximum atomic E-state index is 10.7. The molecule has 0 aliphatic carbocycles. The summed E-state index contributed by atoms with van der Waals surface area (Å²) < 4.78 is 21.6. The normalized spacial score (nSPS) is 13.6. The van der Waals surface area contributed by atoms with E-state index in [0.717, 1.165) is 0 Å². The second-order valence-electron chi connectivity index (χ2n) is 1.58. The molecular weight excluding hydrogens is 220 g/mol. The summed E-state index contributed by atoms with van der Waals surface area (Å²) in [4.78, 5) is 0. The minimum atomic E-state index is -3.42. The lowest BCUT2D eigenvalue weighted by molar-refractivity contribution is 0.588. The van der Waals surface area contributed by atoms with Crippen molar-refractivity contribution < 1.29 is 8.42 Å². The molecule has 1 N–H and O–H groups in total. The van der Waals surface area contributed by atoms with Gasteiger partial charge < -0.3 is 0 Å². The highest BCUT2D eigenvalue weighted by Crippen LogP contribution is 2.26. The Hall–Kier alpha value is 0.780. The average molecular weight is 227 g/mol. The topological polar surface area (TPSA) is 46.2 Å². The number of halogens is 3. The van der Waals surface area contributed by atoms with Gasteiger partial charge in [0.1, 0.15) is 5.75 Å².